The quantitative estimate of drug-likeness (QED) is 0.354. The molecule has 0 heterocycles. The normalized spacial score (nSPS) is 17.0. The number of halogens is 1. The Morgan fingerprint density at radius 2 is 2.33 bits per heavy atom. The highest BCUT2D eigenvalue weighted by Crippen LogP contribution is 2.32. The maximum absolute atomic E-state index is 10.9. The largest absolute Gasteiger partial charge is 0.281 e. The molecule has 0 radical (unpaired) electrons. The molecule has 68 valence electrons. The molecule has 0 aromatic rings. The van der Waals surface area contributed by atoms with Gasteiger partial charge in [-0.1, -0.05) is 37.8 Å². The van der Waals surface area contributed by atoms with Gasteiger partial charge >= 0.3 is 0 Å². The highest BCUT2D eigenvalue weighted by atomic mass is 35.5. The highest BCUT2D eigenvalue weighted by molar-refractivity contribution is 6.64. The molecule has 0 spiro atoms. The maximum atomic E-state index is 10.9. The Labute approximate surface area is 78.8 Å². The molecule has 0 aromatic carbocycles. The fraction of sp³-hybridized carbons (Fsp3) is 0.700. The van der Waals surface area contributed by atoms with E-state index in [0.29, 0.717) is 0 Å². The molecule has 0 aliphatic heterocycles. The smallest absolute Gasteiger partial charge is 0.228 e. The van der Waals surface area contributed by atoms with E-state index in [0.717, 1.165) is 19.3 Å². The van der Waals surface area contributed by atoms with Crippen LogP contribution in [0.25, 0.3) is 0 Å². The van der Waals surface area contributed by atoms with Crippen LogP contribution in [0.3, 0.4) is 0 Å². The zero-order valence-corrected chi connectivity index (χ0v) is 8.23. The lowest BCUT2D eigenvalue weighted by Crippen LogP contribution is -2.07. The summed E-state index contributed by atoms with van der Waals surface area (Å²) in [6, 6.07) is 0. The van der Waals surface area contributed by atoms with E-state index in [4.69, 9.17) is 11.6 Å². The number of carbonyl (C=O) groups is 1. The van der Waals surface area contributed by atoms with E-state index in [-0.39, 0.29) is 11.2 Å². The Morgan fingerprint density at radius 1 is 1.67 bits per heavy atom. The summed E-state index contributed by atoms with van der Waals surface area (Å²) in [7, 11) is 0. The van der Waals surface area contributed by atoms with E-state index < -0.39 is 0 Å². The Kier molecular flexibility index (Phi) is 3.80. The first-order valence-electron chi connectivity index (χ1n) is 4.64. The van der Waals surface area contributed by atoms with Gasteiger partial charge in [-0.25, -0.2) is 0 Å². The summed E-state index contributed by atoms with van der Waals surface area (Å²) in [6.07, 6.45) is 7.57. The van der Waals surface area contributed by atoms with Crippen molar-refractivity contribution >= 4 is 16.8 Å². The fourth-order valence-electron chi connectivity index (χ4n) is 1.39. The summed E-state index contributed by atoms with van der Waals surface area (Å²) in [6.45, 7) is 2.16. The minimum absolute atomic E-state index is 0.0400. The lowest BCUT2D eigenvalue weighted by Gasteiger charge is -2.07. The van der Waals surface area contributed by atoms with Gasteiger partial charge in [0.2, 0.25) is 5.24 Å². The van der Waals surface area contributed by atoms with Gasteiger partial charge in [0.05, 0.1) is 5.92 Å². The van der Waals surface area contributed by atoms with Crippen molar-refractivity contribution in [1.29, 1.82) is 0 Å². The average Bonchev–Trinajstić information content (AvgIpc) is 2.80. The van der Waals surface area contributed by atoms with Crippen LogP contribution in [0.4, 0.5) is 0 Å². The van der Waals surface area contributed by atoms with Gasteiger partial charge in [0, 0.05) is 0 Å². The third-order valence-corrected chi connectivity index (χ3v) is 2.52. The van der Waals surface area contributed by atoms with Crippen molar-refractivity contribution in [3.63, 3.8) is 0 Å². The maximum Gasteiger partial charge on any atom is 0.228 e. The molecular weight excluding hydrogens is 172 g/mol. The minimum Gasteiger partial charge on any atom is -0.281 e. The Balaban J connectivity index is 2.24. The van der Waals surface area contributed by atoms with Crippen molar-refractivity contribution < 1.29 is 4.79 Å². The molecule has 0 aromatic heterocycles. The predicted octanol–water partition coefficient (Wildman–Crippen LogP) is 3.28. The molecule has 1 aliphatic rings. The van der Waals surface area contributed by atoms with Gasteiger partial charge in [-0.15, -0.1) is 0 Å². The van der Waals surface area contributed by atoms with Crippen molar-refractivity contribution in [2.24, 2.45) is 5.92 Å². The predicted molar refractivity (Wildman–Crippen MR) is 51.2 cm³/mol. The van der Waals surface area contributed by atoms with E-state index in [1.165, 1.54) is 18.4 Å². The molecule has 0 saturated heterocycles. The molecule has 2 heteroatoms. The third kappa shape index (κ3) is 2.98. The topological polar surface area (TPSA) is 17.1 Å². The molecule has 1 atom stereocenters. The van der Waals surface area contributed by atoms with Crippen LogP contribution < -0.4 is 0 Å². The number of rotatable bonds is 6. The second-order valence-corrected chi connectivity index (χ2v) is 3.71. The van der Waals surface area contributed by atoms with E-state index in [1.807, 2.05) is 0 Å². The van der Waals surface area contributed by atoms with Crippen LogP contribution in [0.15, 0.2) is 11.6 Å². The van der Waals surface area contributed by atoms with Crippen molar-refractivity contribution in [1.82, 2.24) is 0 Å². The highest BCUT2D eigenvalue weighted by Gasteiger charge is 2.25. The van der Waals surface area contributed by atoms with Crippen molar-refractivity contribution in [3.8, 4) is 0 Å². The molecule has 1 nitrogen and oxygen atoms in total. The van der Waals surface area contributed by atoms with Gasteiger partial charge in [0.1, 0.15) is 0 Å². The molecule has 1 aliphatic carbocycles. The van der Waals surface area contributed by atoms with Gasteiger partial charge < -0.3 is 0 Å². The van der Waals surface area contributed by atoms with E-state index >= 15 is 0 Å². The number of carbonyl (C=O) groups excluding carboxylic acids is 1. The average molecular weight is 187 g/mol. The molecule has 0 bridgehead atoms. The molecule has 0 N–H and O–H groups in total. The van der Waals surface area contributed by atoms with Crippen LogP contribution in [0, 0.1) is 5.92 Å². The molecule has 1 unspecified atom stereocenters. The fourth-order valence-corrected chi connectivity index (χ4v) is 1.64. The van der Waals surface area contributed by atoms with E-state index in [2.05, 4.69) is 13.0 Å². The van der Waals surface area contributed by atoms with E-state index in [9.17, 15) is 4.79 Å². The van der Waals surface area contributed by atoms with Crippen molar-refractivity contribution in [2.75, 3.05) is 0 Å². The summed E-state index contributed by atoms with van der Waals surface area (Å²) >= 11 is 5.48. The van der Waals surface area contributed by atoms with Gasteiger partial charge in [0.15, 0.2) is 0 Å². The van der Waals surface area contributed by atoms with Crippen molar-refractivity contribution in [3.05, 3.63) is 11.6 Å². The minimum atomic E-state index is -0.171. The van der Waals surface area contributed by atoms with Gasteiger partial charge in [-0.05, 0) is 24.4 Å². The third-order valence-electron chi connectivity index (χ3n) is 2.26. The number of allylic oxidation sites excluding steroid dienone is 2. The standard InChI is InChI=1S/C10H15ClO/c1-2-3-4-5-9(10(11)12)8-6-7-8/h6,9H,2-5,7H2,1H3. The summed E-state index contributed by atoms with van der Waals surface area (Å²) in [5.74, 6) is 0.0400. The van der Waals surface area contributed by atoms with Crippen LogP contribution >= 0.6 is 11.6 Å². The first kappa shape index (κ1) is 9.79. The van der Waals surface area contributed by atoms with Gasteiger partial charge in [-0.3, -0.25) is 4.79 Å². The lowest BCUT2D eigenvalue weighted by atomic mass is 10.00. The van der Waals surface area contributed by atoms with Crippen LogP contribution in [0.1, 0.15) is 39.0 Å². The molecule has 0 fully saturated rings. The zero-order chi connectivity index (χ0) is 8.97. The van der Waals surface area contributed by atoms with Crippen LogP contribution in [0.5, 0.6) is 0 Å². The molecular formula is C10H15ClO. The molecule has 0 saturated carbocycles. The Bertz CT molecular complexity index is 194. The SMILES string of the molecule is CCCCCC(C(=O)Cl)C1=CC1. The van der Waals surface area contributed by atoms with Crippen LogP contribution in [-0.2, 0) is 4.79 Å². The Hall–Kier alpha value is -0.300. The second kappa shape index (κ2) is 4.66. The monoisotopic (exact) mass is 186 g/mol. The first-order valence-corrected chi connectivity index (χ1v) is 5.01. The summed E-state index contributed by atoms with van der Waals surface area (Å²) < 4.78 is 0. The van der Waals surface area contributed by atoms with Gasteiger partial charge in [-0.2, -0.15) is 0 Å². The number of unbranched alkanes of at least 4 members (excludes halogenated alkanes) is 2. The van der Waals surface area contributed by atoms with Gasteiger partial charge in [0.25, 0.3) is 0 Å². The lowest BCUT2D eigenvalue weighted by molar-refractivity contribution is -0.114. The van der Waals surface area contributed by atoms with E-state index in [1.54, 1.807) is 0 Å². The molecule has 1 rings (SSSR count). The van der Waals surface area contributed by atoms with Crippen LogP contribution in [0.2, 0.25) is 0 Å². The summed E-state index contributed by atoms with van der Waals surface area (Å²) in [5.41, 5.74) is 1.26. The number of hydrogen-bond donors (Lipinski definition) is 0. The molecule has 12 heavy (non-hydrogen) atoms. The molecule has 0 amide bonds. The second-order valence-electron chi connectivity index (χ2n) is 3.34. The number of hydrogen-bond acceptors (Lipinski definition) is 1. The van der Waals surface area contributed by atoms with Crippen LogP contribution in [-0.4, -0.2) is 5.24 Å². The zero-order valence-electron chi connectivity index (χ0n) is 7.48. The summed E-state index contributed by atoms with van der Waals surface area (Å²) in [4.78, 5) is 10.9. The van der Waals surface area contributed by atoms with Crippen molar-refractivity contribution in [2.45, 2.75) is 39.0 Å². The summed E-state index contributed by atoms with van der Waals surface area (Å²) in [5, 5.41) is -0.171. The first-order chi connectivity index (χ1) is 5.75. The Morgan fingerprint density at radius 3 is 2.75 bits per heavy atom.